The summed E-state index contributed by atoms with van der Waals surface area (Å²) >= 11 is 0. The third kappa shape index (κ3) is 16.5. The van der Waals surface area contributed by atoms with Gasteiger partial charge >= 0.3 is 11.9 Å². The molecule has 0 bridgehead atoms. The van der Waals surface area contributed by atoms with Gasteiger partial charge in [0.15, 0.2) is 0 Å². The lowest BCUT2D eigenvalue weighted by Crippen LogP contribution is -2.61. The molecule has 410 valence electrons. The van der Waals surface area contributed by atoms with Gasteiger partial charge in [-0.1, -0.05) is 81.6 Å². The molecule has 2 fully saturated rings. The molecule has 5 rings (SSSR count). The normalized spacial score (nSPS) is 18.7. The molecular formula is C52H72N8O15. The molecule has 23 nitrogen and oxygen atoms in total. The number of nitrogens with two attached hydrogens (primary N) is 1. The van der Waals surface area contributed by atoms with Gasteiger partial charge in [-0.25, -0.2) is 4.79 Å². The highest BCUT2D eigenvalue weighted by Gasteiger charge is 2.41. The predicted octanol–water partition coefficient (Wildman–Crippen LogP) is -0.636. The van der Waals surface area contributed by atoms with Crippen molar-refractivity contribution in [1.82, 2.24) is 36.8 Å². The van der Waals surface area contributed by atoms with Crippen LogP contribution in [0.1, 0.15) is 115 Å². The number of ether oxygens (including phenoxy) is 1. The second-order valence-electron chi connectivity index (χ2n) is 19.9. The second kappa shape index (κ2) is 28.1. The molecule has 0 aromatic heterocycles. The average molecular weight is 1050 g/mol. The van der Waals surface area contributed by atoms with Crippen LogP contribution in [-0.2, 0) is 52.7 Å². The molecule has 2 aromatic carbocycles. The first-order valence-corrected chi connectivity index (χ1v) is 25.6. The van der Waals surface area contributed by atoms with Crippen molar-refractivity contribution in [3.8, 4) is 11.1 Å². The van der Waals surface area contributed by atoms with Gasteiger partial charge in [0.1, 0.15) is 48.9 Å². The first kappa shape index (κ1) is 58.9. The van der Waals surface area contributed by atoms with E-state index in [1.54, 1.807) is 13.8 Å². The Balaban J connectivity index is 1.15. The molecule has 12 N–H and O–H groups in total. The summed E-state index contributed by atoms with van der Waals surface area (Å²) in [5, 5.41) is 54.8. The average Bonchev–Trinajstić information content (AvgIpc) is 3.94. The highest BCUT2D eigenvalue weighted by atomic mass is 16.5. The van der Waals surface area contributed by atoms with E-state index in [0.29, 0.717) is 25.7 Å². The molecule has 1 aliphatic heterocycles. The van der Waals surface area contributed by atoms with Crippen molar-refractivity contribution in [2.45, 2.75) is 152 Å². The number of aliphatic carboxylic acids is 1. The minimum Gasteiger partial charge on any atom is -0.480 e. The Morgan fingerprint density at radius 3 is 1.80 bits per heavy atom. The van der Waals surface area contributed by atoms with Gasteiger partial charge in [0, 0.05) is 38.1 Å². The maximum absolute atomic E-state index is 14.1. The number of carboxylic acids is 1. The zero-order valence-corrected chi connectivity index (χ0v) is 42.6. The largest absolute Gasteiger partial charge is 0.480 e. The standard InChI is InChI=1S/C52H72N8O15/c1-28(2)22-38(52(73)74)56-48(69)39(25-61)58-47(68)37(20-21-42(53)64)55-51(72)45(30-12-5-4-6-13-30)59-49(70)40(26-62)57-46(67)29(3)54-50(71)41-23-31(63)24-60(41)43(65)18-11-19-44(66)75-27-36-34-16-9-7-14-32(34)33-15-8-10-17-35(33)36/h7-10,14-17,28-31,36-41,45,61-63H,4-6,11-13,18-27H2,1-3H3,(H2,53,64)(H,54,71)(H,55,72)(H,56,69)(H,57,67)(H,58,68)(H,59,70)(H,73,74)/t29-,31+,37-,38-,39-,40-,41-,45-/m0/s1. The number of amides is 8. The molecule has 23 heteroatoms. The number of fused-ring (bicyclic) bond motifs is 3. The number of aliphatic hydroxyl groups is 3. The van der Waals surface area contributed by atoms with E-state index in [1.807, 2.05) is 48.5 Å². The molecule has 1 heterocycles. The second-order valence-corrected chi connectivity index (χ2v) is 19.9. The van der Waals surface area contributed by atoms with Crippen molar-refractivity contribution < 1.29 is 73.1 Å². The van der Waals surface area contributed by atoms with E-state index in [0.717, 1.165) is 28.7 Å². The summed E-state index contributed by atoms with van der Waals surface area (Å²) in [5.41, 5.74) is 9.63. The summed E-state index contributed by atoms with van der Waals surface area (Å²) < 4.78 is 5.65. The molecule has 0 spiro atoms. The van der Waals surface area contributed by atoms with Crippen LogP contribution in [0.15, 0.2) is 48.5 Å². The minimum atomic E-state index is -1.67. The Bertz CT molecular complexity index is 2350. The summed E-state index contributed by atoms with van der Waals surface area (Å²) in [5.74, 6) is -9.63. The zero-order valence-electron chi connectivity index (χ0n) is 42.6. The highest BCUT2D eigenvalue weighted by molar-refractivity contribution is 5.98. The number of primary amides is 1. The number of carboxylic acid groups (broad SMARTS) is 1. The fourth-order valence-corrected chi connectivity index (χ4v) is 9.79. The van der Waals surface area contributed by atoms with E-state index in [2.05, 4.69) is 31.9 Å². The Kier molecular flexibility index (Phi) is 22.0. The molecule has 1 saturated heterocycles. The number of esters is 1. The third-order valence-electron chi connectivity index (χ3n) is 13.8. The topological polar surface area (TPSA) is 362 Å². The number of hydrogen-bond acceptors (Lipinski definition) is 14. The summed E-state index contributed by atoms with van der Waals surface area (Å²) in [6.45, 7) is 2.79. The van der Waals surface area contributed by atoms with Crippen LogP contribution >= 0.6 is 0 Å². The van der Waals surface area contributed by atoms with Gasteiger partial charge < -0.3 is 67.7 Å². The lowest BCUT2D eigenvalue weighted by molar-refractivity contribution is -0.145. The van der Waals surface area contributed by atoms with Gasteiger partial charge in [0.2, 0.25) is 47.3 Å². The van der Waals surface area contributed by atoms with Crippen molar-refractivity contribution in [1.29, 1.82) is 0 Å². The number of hydrogen-bond donors (Lipinski definition) is 11. The SMILES string of the molecule is CC(C)C[C@H](NC(=O)[C@H](CO)NC(=O)[C@H](CCC(N)=O)NC(=O)[C@@H](NC(=O)[C@H](CO)NC(=O)[C@H](C)NC(=O)[C@@H]1C[C@@H](O)CN1C(=O)CCCC(=O)OCC1c2ccccc2-c2ccccc21)C1CCCCC1)C(=O)O. The summed E-state index contributed by atoms with van der Waals surface area (Å²) in [6.07, 6.45) is 1.05. The van der Waals surface area contributed by atoms with E-state index in [-0.39, 0.29) is 63.5 Å². The molecule has 0 unspecified atom stereocenters. The van der Waals surface area contributed by atoms with E-state index in [1.165, 1.54) is 11.8 Å². The van der Waals surface area contributed by atoms with E-state index < -0.39 is 133 Å². The number of likely N-dealkylation sites (tertiary alicyclic amines) is 1. The minimum absolute atomic E-state index is 0.0439. The van der Waals surface area contributed by atoms with Crippen molar-refractivity contribution >= 4 is 59.2 Å². The quantitative estimate of drug-likeness (QED) is 0.0496. The zero-order chi connectivity index (χ0) is 54.9. The van der Waals surface area contributed by atoms with Crippen molar-refractivity contribution in [2.24, 2.45) is 17.6 Å². The number of carbonyl (C=O) groups is 10. The van der Waals surface area contributed by atoms with Crippen LogP contribution in [0.2, 0.25) is 0 Å². The summed E-state index contributed by atoms with van der Waals surface area (Å²) in [7, 11) is 0. The molecule has 8 amide bonds. The number of rotatable bonds is 27. The Labute approximate surface area is 434 Å². The maximum Gasteiger partial charge on any atom is 0.326 e. The fraction of sp³-hybridized carbons (Fsp3) is 0.577. The predicted molar refractivity (Wildman–Crippen MR) is 268 cm³/mol. The van der Waals surface area contributed by atoms with Gasteiger partial charge in [-0.05, 0) is 73.1 Å². The third-order valence-corrected chi connectivity index (χ3v) is 13.8. The van der Waals surface area contributed by atoms with E-state index in [4.69, 9.17) is 10.5 Å². The first-order valence-electron chi connectivity index (χ1n) is 25.6. The summed E-state index contributed by atoms with van der Waals surface area (Å²) in [6, 6.07) is 5.72. The van der Waals surface area contributed by atoms with Gasteiger partial charge in [0.05, 0.1) is 19.3 Å². The lowest BCUT2D eigenvalue weighted by atomic mass is 9.83. The monoisotopic (exact) mass is 1050 g/mol. The number of carbonyl (C=O) groups excluding carboxylic acids is 9. The number of benzene rings is 2. The van der Waals surface area contributed by atoms with Gasteiger partial charge in [-0.2, -0.15) is 0 Å². The van der Waals surface area contributed by atoms with Crippen LogP contribution in [0.5, 0.6) is 0 Å². The van der Waals surface area contributed by atoms with E-state index >= 15 is 0 Å². The van der Waals surface area contributed by atoms with Crippen LogP contribution in [-0.4, -0.2) is 159 Å². The van der Waals surface area contributed by atoms with E-state index in [9.17, 15) is 68.4 Å². The van der Waals surface area contributed by atoms with Crippen LogP contribution in [0.4, 0.5) is 0 Å². The molecule has 1 saturated carbocycles. The molecule has 8 atom stereocenters. The van der Waals surface area contributed by atoms with Gasteiger partial charge in [0.25, 0.3) is 0 Å². The number of nitrogens with zero attached hydrogens (tertiary/aromatic N) is 1. The molecule has 75 heavy (non-hydrogen) atoms. The fourth-order valence-electron chi connectivity index (χ4n) is 9.79. The number of aliphatic hydroxyl groups excluding tert-OH is 3. The smallest absolute Gasteiger partial charge is 0.326 e. The maximum atomic E-state index is 14.1. The lowest BCUT2D eigenvalue weighted by Gasteiger charge is -2.32. The highest BCUT2D eigenvalue weighted by Crippen LogP contribution is 2.44. The molecule has 2 aromatic rings. The van der Waals surface area contributed by atoms with Crippen molar-refractivity contribution in [3.05, 3.63) is 59.7 Å². The summed E-state index contributed by atoms with van der Waals surface area (Å²) in [4.78, 5) is 132. The molecule has 2 aliphatic carbocycles. The van der Waals surface area contributed by atoms with Gasteiger partial charge in [-0.15, -0.1) is 0 Å². The van der Waals surface area contributed by atoms with Crippen molar-refractivity contribution in [2.75, 3.05) is 26.4 Å². The van der Waals surface area contributed by atoms with Crippen molar-refractivity contribution in [3.63, 3.8) is 0 Å². The Morgan fingerprint density at radius 2 is 1.23 bits per heavy atom. The first-order chi connectivity index (χ1) is 35.7. The number of β-amino-alcohol motifs (C(OH)–C–C–N with tert-alkyl or cyclic N) is 1. The van der Waals surface area contributed by atoms with Crippen LogP contribution in [0.25, 0.3) is 11.1 Å². The Hall–Kier alpha value is -6.98. The molecular weight excluding hydrogens is 977 g/mol. The Morgan fingerprint density at radius 1 is 0.680 bits per heavy atom. The molecule has 0 radical (unpaired) electrons. The van der Waals surface area contributed by atoms with Gasteiger partial charge in [-0.3, -0.25) is 43.2 Å². The van der Waals surface area contributed by atoms with Crippen LogP contribution in [0.3, 0.4) is 0 Å². The van der Waals surface area contributed by atoms with Crippen LogP contribution in [0, 0.1) is 11.8 Å². The van der Waals surface area contributed by atoms with Crippen LogP contribution < -0.4 is 37.6 Å². The molecule has 3 aliphatic rings. The number of nitrogens with one attached hydrogen (secondary N) is 6.